The third-order valence-corrected chi connectivity index (χ3v) is 3.32. The number of aromatic amines is 1. The molecule has 0 aliphatic heterocycles. The second-order valence-electron chi connectivity index (χ2n) is 3.87. The molecule has 0 amide bonds. The third kappa shape index (κ3) is 3.42. The van der Waals surface area contributed by atoms with Crippen LogP contribution in [0.2, 0.25) is 0 Å². The van der Waals surface area contributed by atoms with Gasteiger partial charge >= 0.3 is 0 Å². The van der Waals surface area contributed by atoms with Crippen molar-refractivity contribution in [3.63, 3.8) is 0 Å². The van der Waals surface area contributed by atoms with Gasteiger partial charge in [-0.1, -0.05) is 5.92 Å². The number of nitrogens with one attached hydrogen (secondary N) is 2. The van der Waals surface area contributed by atoms with E-state index < -0.39 is 0 Å². The van der Waals surface area contributed by atoms with Crippen molar-refractivity contribution in [3.05, 3.63) is 28.6 Å². The van der Waals surface area contributed by atoms with E-state index in [9.17, 15) is 4.79 Å². The molecule has 1 aromatic heterocycles. The number of aromatic nitrogens is 2. The summed E-state index contributed by atoms with van der Waals surface area (Å²) in [5.74, 6) is 4.55. The molecule has 19 heavy (non-hydrogen) atoms. The summed E-state index contributed by atoms with van der Waals surface area (Å²) in [7, 11) is 0. The average molecular weight is 274 g/mol. The van der Waals surface area contributed by atoms with Crippen LogP contribution in [0.4, 0.5) is 11.6 Å². The number of nitrogens with zero attached hydrogens (tertiary/aromatic N) is 1. The number of hydrogen-bond donors (Lipinski definition) is 3. The maximum absolute atomic E-state index is 11.9. The molecule has 98 valence electrons. The van der Waals surface area contributed by atoms with Crippen LogP contribution in [-0.4, -0.2) is 28.0 Å². The van der Waals surface area contributed by atoms with Crippen LogP contribution in [0.5, 0.6) is 0 Å². The molecule has 1 heterocycles. The number of nitrogen functional groups attached to an aromatic ring is 1. The topological polar surface area (TPSA) is 83.8 Å². The van der Waals surface area contributed by atoms with E-state index in [-0.39, 0.29) is 5.56 Å². The molecular formula is C13H14N4OS. The summed E-state index contributed by atoms with van der Waals surface area (Å²) in [5.41, 5.74) is 6.61. The lowest BCUT2D eigenvalue weighted by atomic mass is 10.2. The molecule has 0 saturated carbocycles. The van der Waals surface area contributed by atoms with E-state index in [4.69, 9.17) is 12.2 Å². The summed E-state index contributed by atoms with van der Waals surface area (Å²) in [6, 6.07) is 5.08. The molecule has 0 atom stereocenters. The number of fused-ring (bicyclic) bond motifs is 1. The summed E-state index contributed by atoms with van der Waals surface area (Å²) < 4.78 is 0. The van der Waals surface area contributed by atoms with Crippen molar-refractivity contribution in [3.8, 4) is 12.3 Å². The van der Waals surface area contributed by atoms with Gasteiger partial charge in [0.25, 0.3) is 5.56 Å². The van der Waals surface area contributed by atoms with E-state index in [2.05, 4.69) is 21.2 Å². The molecule has 4 N–H and O–H groups in total. The van der Waals surface area contributed by atoms with E-state index in [1.54, 1.807) is 30.0 Å². The van der Waals surface area contributed by atoms with Gasteiger partial charge in [0.2, 0.25) is 5.95 Å². The Kier molecular flexibility index (Phi) is 4.31. The Morgan fingerprint density at radius 1 is 1.53 bits per heavy atom. The minimum absolute atomic E-state index is 0.198. The van der Waals surface area contributed by atoms with Gasteiger partial charge in [-0.2, -0.15) is 0 Å². The Labute approximate surface area is 115 Å². The molecule has 0 spiro atoms. The maximum atomic E-state index is 11.9. The van der Waals surface area contributed by atoms with Gasteiger partial charge in [0.05, 0.1) is 16.7 Å². The Balaban J connectivity index is 2.11. The highest BCUT2D eigenvalue weighted by atomic mass is 32.2. The molecular weight excluding hydrogens is 260 g/mol. The first-order valence-corrected chi connectivity index (χ1v) is 6.91. The molecule has 0 fully saturated rings. The van der Waals surface area contributed by atoms with Crippen molar-refractivity contribution in [1.82, 2.24) is 9.97 Å². The molecule has 5 nitrogen and oxygen atoms in total. The van der Waals surface area contributed by atoms with Crippen LogP contribution in [0.15, 0.2) is 23.0 Å². The first-order valence-electron chi connectivity index (χ1n) is 5.75. The van der Waals surface area contributed by atoms with Crippen LogP contribution in [0.1, 0.15) is 0 Å². The van der Waals surface area contributed by atoms with Crippen LogP contribution >= 0.6 is 11.8 Å². The lowest BCUT2D eigenvalue weighted by Gasteiger charge is -2.06. The summed E-state index contributed by atoms with van der Waals surface area (Å²) in [4.78, 5) is 18.9. The molecule has 6 heteroatoms. The van der Waals surface area contributed by atoms with E-state index >= 15 is 0 Å². The largest absolute Gasteiger partial charge is 0.399 e. The van der Waals surface area contributed by atoms with Gasteiger partial charge in [0.15, 0.2) is 0 Å². The first-order chi connectivity index (χ1) is 9.20. The predicted octanol–water partition coefficient (Wildman–Crippen LogP) is 1.28. The van der Waals surface area contributed by atoms with Crippen molar-refractivity contribution in [1.29, 1.82) is 0 Å². The molecule has 0 saturated heterocycles. The lowest BCUT2D eigenvalue weighted by Crippen LogP contribution is -2.15. The second kappa shape index (κ2) is 6.16. The van der Waals surface area contributed by atoms with E-state index in [1.807, 2.05) is 0 Å². The van der Waals surface area contributed by atoms with E-state index in [1.165, 1.54) is 0 Å². The van der Waals surface area contributed by atoms with Crippen molar-refractivity contribution < 1.29 is 0 Å². The van der Waals surface area contributed by atoms with E-state index in [0.29, 0.717) is 34.8 Å². The minimum atomic E-state index is -0.198. The number of benzene rings is 1. The summed E-state index contributed by atoms with van der Waals surface area (Å²) in [6.07, 6.45) is 5.15. The van der Waals surface area contributed by atoms with Gasteiger partial charge in [-0.3, -0.25) is 9.78 Å². The molecule has 0 aliphatic carbocycles. The number of anilines is 2. The predicted molar refractivity (Wildman–Crippen MR) is 81.4 cm³/mol. The number of hydrogen-bond acceptors (Lipinski definition) is 5. The number of H-pyrrole nitrogens is 1. The number of thioether (sulfide) groups is 1. The number of nitrogens with two attached hydrogens (primary N) is 1. The zero-order valence-corrected chi connectivity index (χ0v) is 11.1. The Morgan fingerprint density at radius 2 is 2.37 bits per heavy atom. The fourth-order valence-electron chi connectivity index (χ4n) is 1.61. The second-order valence-corrected chi connectivity index (χ2v) is 4.98. The van der Waals surface area contributed by atoms with E-state index in [0.717, 1.165) is 5.75 Å². The van der Waals surface area contributed by atoms with Crippen molar-refractivity contribution in [2.75, 3.05) is 29.1 Å². The molecule has 1 aromatic carbocycles. The van der Waals surface area contributed by atoms with Crippen molar-refractivity contribution in [2.24, 2.45) is 0 Å². The monoisotopic (exact) mass is 274 g/mol. The quantitative estimate of drug-likeness (QED) is 0.434. The highest BCUT2D eigenvalue weighted by Gasteiger charge is 2.03. The molecule has 0 radical (unpaired) electrons. The van der Waals surface area contributed by atoms with Gasteiger partial charge < -0.3 is 11.1 Å². The Hall–Kier alpha value is -2.13. The summed E-state index contributed by atoms with van der Waals surface area (Å²) in [6.45, 7) is 0.690. The maximum Gasteiger partial charge on any atom is 0.260 e. The van der Waals surface area contributed by atoms with Gasteiger partial charge in [-0.25, -0.2) is 4.98 Å². The first kappa shape index (κ1) is 13.3. The van der Waals surface area contributed by atoms with Crippen LogP contribution in [0.3, 0.4) is 0 Å². The Bertz CT molecular complexity index is 674. The average Bonchev–Trinajstić information content (AvgIpc) is 2.39. The highest BCUT2D eigenvalue weighted by molar-refractivity contribution is 7.99. The molecule has 0 unspecified atom stereocenters. The Morgan fingerprint density at radius 3 is 3.16 bits per heavy atom. The fraction of sp³-hybridized carbons (Fsp3) is 0.231. The van der Waals surface area contributed by atoms with Crippen LogP contribution in [0.25, 0.3) is 10.9 Å². The summed E-state index contributed by atoms with van der Waals surface area (Å²) >= 11 is 1.65. The van der Waals surface area contributed by atoms with Crippen molar-refractivity contribution >= 4 is 34.3 Å². The van der Waals surface area contributed by atoms with Gasteiger partial charge in [-0.15, -0.1) is 18.2 Å². The highest BCUT2D eigenvalue weighted by Crippen LogP contribution is 2.12. The minimum Gasteiger partial charge on any atom is -0.399 e. The molecule has 0 bridgehead atoms. The van der Waals surface area contributed by atoms with Crippen LogP contribution in [0, 0.1) is 12.3 Å². The van der Waals surface area contributed by atoms with Gasteiger partial charge in [0, 0.05) is 18.0 Å². The summed E-state index contributed by atoms with van der Waals surface area (Å²) in [5, 5.41) is 3.56. The normalized spacial score (nSPS) is 10.3. The van der Waals surface area contributed by atoms with Crippen molar-refractivity contribution in [2.45, 2.75) is 0 Å². The SMILES string of the molecule is C#CCSCCNc1nc2ccc(N)cc2c(=O)[nH]1. The standard InChI is InChI=1S/C13H14N4OS/c1-2-6-19-7-5-15-13-16-11-4-3-9(14)8-10(11)12(18)17-13/h1,3-4,8H,5-7,14H2,(H2,15,16,17,18). The van der Waals surface area contributed by atoms with Crippen LogP contribution in [-0.2, 0) is 0 Å². The molecule has 0 aliphatic rings. The van der Waals surface area contributed by atoms with Gasteiger partial charge in [0.1, 0.15) is 0 Å². The molecule has 2 aromatic rings. The zero-order chi connectivity index (χ0) is 13.7. The molecule has 2 rings (SSSR count). The smallest absolute Gasteiger partial charge is 0.260 e. The van der Waals surface area contributed by atoms with Gasteiger partial charge in [-0.05, 0) is 18.2 Å². The fourth-order valence-corrected chi connectivity index (χ4v) is 2.12. The lowest BCUT2D eigenvalue weighted by molar-refractivity contribution is 1.09. The van der Waals surface area contributed by atoms with Crippen LogP contribution < -0.4 is 16.6 Å². The zero-order valence-electron chi connectivity index (χ0n) is 10.3. The number of rotatable bonds is 5. The number of terminal acetylenes is 1. The third-order valence-electron chi connectivity index (χ3n) is 2.45.